The monoisotopic (exact) mass is 404 g/mol. The molecule has 0 saturated heterocycles. The van der Waals surface area contributed by atoms with Crippen molar-refractivity contribution in [1.29, 1.82) is 0 Å². The lowest BCUT2D eigenvalue weighted by Crippen LogP contribution is -2.16. The van der Waals surface area contributed by atoms with Crippen molar-refractivity contribution < 1.29 is 28.2 Å². The third-order valence-corrected chi connectivity index (χ3v) is 3.84. The molecule has 0 amide bonds. The maximum Gasteiger partial charge on any atom is 0.338 e. The highest BCUT2D eigenvalue weighted by atomic mass is 19.1. The average Bonchev–Trinajstić information content (AvgIpc) is 2.94. The molecule has 156 valence electrons. The first-order valence-corrected chi connectivity index (χ1v) is 9.13. The van der Waals surface area contributed by atoms with Crippen LogP contribution in [0.2, 0.25) is 0 Å². The standard InChI is InChI=1S/C21H25FN2O5/c1-26-10-11-27-12-13-28-21(25)17-8-5-7-16(14-17)20(23)24-29-15-18-6-3-2-4-9-19(18)22/h2-3,5-9,14H,4,10-13,15H2,1H3,(H2,23,24). The quantitative estimate of drug-likeness (QED) is 0.200. The van der Waals surface area contributed by atoms with E-state index in [1.165, 1.54) is 6.08 Å². The first-order valence-electron chi connectivity index (χ1n) is 9.13. The summed E-state index contributed by atoms with van der Waals surface area (Å²) in [6, 6.07) is 6.49. The van der Waals surface area contributed by atoms with Crippen LogP contribution in [0.25, 0.3) is 0 Å². The molecule has 0 spiro atoms. The third-order valence-electron chi connectivity index (χ3n) is 3.84. The molecule has 1 aromatic rings. The van der Waals surface area contributed by atoms with Gasteiger partial charge in [0.2, 0.25) is 0 Å². The molecule has 0 aromatic heterocycles. The highest BCUT2D eigenvalue weighted by Crippen LogP contribution is 2.16. The molecule has 0 heterocycles. The Balaban J connectivity index is 1.87. The Bertz CT molecular complexity index is 802. The molecule has 29 heavy (non-hydrogen) atoms. The summed E-state index contributed by atoms with van der Waals surface area (Å²) in [4.78, 5) is 17.3. The summed E-state index contributed by atoms with van der Waals surface area (Å²) < 4.78 is 29.0. The third kappa shape index (κ3) is 7.89. The number of benzene rings is 1. The van der Waals surface area contributed by atoms with Crippen LogP contribution in [0.5, 0.6) is 0 Å². The highest BCUT2D eigenvalue weighted by molar-refractivity contribution is 5.99. The van der Waals surface area contributed by atoms with Crippen LogP contribution in [0.15, 0.2) is 65.1 Å². The number of carbonyl (C=O) groups is 1. The van der Waals surface area contributed by atoms with E-state index in [0.717, 1.165) is 0 Å². The van der Waals surface area contributed by atoms with Gasteiger partial charge in [0, 0.05) is 18.2 Å². The average molecular weight is 404 g/mol. The number of esters is 1. The van der Waals surface area contributed by atoms with Gasteiger partial charge in [-0.05, 0) is 24.6 Å². The first-order chi connectivity index (χ1) is 14.1. The lowest BCUT2D eigenvalue weighted by Gasteiger charge is -2.08. The Kier molecular flexibility index (Phi) is 9.61. The van der Waals surface area contributed by atoms with Gasteiger partial charge < -0.3 is 24.8 Å². The zero-order valence-corrected chi connectivity index (χ0v) is 16.3. The van der Waals surface area contributed by atoms with Crippen LogP contribution in [0.3, 0.4) is 0 Å². The number of ether oxygens (including phenoxy) is 3. The fraction of sp³-hybridized carbons (Fsp3) is 0.333. The minimum absolute atomic E-state index is 0.0574. The maximum absolute atomic E-state index is 13.8. The molecule has 0 bridgehead atoms. The smallest absolute Gasteiger partial charge is 0.338 e. The van der Waals surface area contributed by atoms with Crippen molar-refractivity contribution in [3.63, 3.8) is 0 Å². The predicted octanol–water partition coefficient (Wildman–Crippen LogP) is 2.88. The van der Waals surface area contributed by atoms with Crippen molar-refractivity contribution in [3.8, 4) is 0 Å². The number of methoxy groups -OCH3 is 1. The van der Waals surface area contributed by atoms with Crippen LogP contribution < -0.4 is 5.73 Å². The van der Waals surface area contributed by atoms with Crippen LogP contribution >= 0.6 is 0 Å². The second-order valence-corrected chi connectivity index (χ2v) is 5.98. The molecule has 0 saturated carbocycles. The van der Waals surface area contributed by atoms with E-state index in [1.54, 1.807) is 43.5 Å². The van der Waals surface area contributed by atoms with Crippen molar-refractivity contribution >= 4 is 11.8 Å². The molecule has 2 N–H and O–H groups in total. The molecule has 1 aromatic carbocycles. The Morgan fingerprint density at radius 1 is 1.21 bits per heavy atom. The van der Waals surface area contributed by atoms with Crippen molar-refractivity contribution in [2.24, 2.45) is 10.9 Å². The number of hydrogen-bond acceptors (Lipinski definition) is 6. The lowest BCUT2D eigenvalue weighted by atomic mass is 10.1. The molecular weight excluding hydrogens is 379 g/mol. The summed E-state index contributed by atoms with van der Waals surface area (Å²) in [5, 5.41) is 3.81. The largest absolute Gasteiger partial charge is 0.460 e. The zero-order chi connectivity index (χ0) is 20.9. The van der Waals surface area contributed by atoms with E-state index >= 15 is 0 Å². The van der Waals surface area contributed by atoms with E-state index < -0.39 is 5.97 Å². The number of amidine groups is 1. The van der Waals surface area contributed by atoms with Gasteiger partial charge in [0.15, 0.2) is 5.84 Å². The Labute approximate surface area is 169 Å². The Hall–Kier alpha value is -2.97. The molecular formula is C21H25FN2O5. The number of rotatable bonds is 11. The molecule has 0 aliphatic heterocycles. The summed E-state index contributed by atoms with van der Waals surface area (Å²) in [6.07, 6.45) is 7.20. The van der Waals surface area contributed by atoms with Gasteiger partial charge in [-0.25, -0.2) is 9.18 Å². The fourth-order valence-corrected chi connectivity index (χ4v) is 2.31. The zero-order valence-electron chi connectivity index (χ0n) is 16.3. The van der Waals surface area contributed by atoms with Crippen molar-refractivity contribution in [2.75, 3.05) is 40.1 Å². The summed E-state index contributed by atoms with van der Waals surface area (Å²) in [5.74, 6) is -0.782. The normalized spacial score (nSPS) is 14.1. The van der Waals surface area contributed by atoms with Crippen molar-refractivity contribution in [2.45, 2.75) is 6.42 Å². The molecule has 0 unspecified atom stereocenters. The second kappa shape index (κ2) is 12.5. The van der Waals surface area contributed by atoms with Crippen LogP contribution in [0, 0.1) is 0 Å². The van der Waals surface area contributed by atoms with E-state index in [0.29, 0.717) is 36.3 Å². The van der Waals surface area contributed by atoms with Gasteiger partial charge >= 0.3 is 5.97 Å². The lowest BCUT2D eigenvalue weighted by molar-refractivity contribution is 0.0213. The molecule has 1 aliphatic rings. The number of halogens is 1. The molecule has 1 aliphatic carbocycles. The van der Waals surface area contributed by atoms with Gasteiger partial charge in [0.05, 0.1) is 25.4 Å². The number of hydrogen-bond donors (Lipinski definition) is 1. The molecule has 0 atom stereocenters. The van der Waals surface area contributed by atoms with Gasteiger partial charge in [0.1, 0.15) is 19.0 Å². The van der Waals surface area contributed by atoms with Crippen LogP contribution in [0.1, 0.15) is 22.3 Å². The van der Waals surface area contributed by atoms with E-state index in [4.69, 9.17) is 24.8 Å². The fourth-order valence-electron chi connectivity index (χ4n) is 2.31. The van der Waals surface area contributed by atoms with Gasteiger partial charge in [-0.2, -0.15) is 0 Å². The van der Waals surface area contributed by atoms with E-state index in [2.05, 4.69) is 5.16 Å². The molecule has 0 fully saturated rings. The minimum Gasteiger partial charge on any atom is -0.460 e. The molecule has 8 heteroatoms. The second-order valence-electron chi connectivity index (χ2n) is 5.98. The SMILES string of the molecule is COCCOCCOC(=O)c1cccc(/C(N)=N/OCC2=CC=CCC=C2F)c1. The van der Waals surface area contributed by atoms with E-state index in [9.17, 15) is 9.18 Å². The molecule has 0 radical (unpaired) electrons. The topological polar surface area (TPSA) is 92.4 Å². The van der Waals surface area contributed by atoms with Gasteiger partial charge in [-0.1, -0.05) is 35.5 Å². The minimum atomic E-state index is -0.501. The predicted molar refractivity (Wildman–Crippen MR) is 107 cm³/mol. The number of nitrogens with two attached hydrogens (primary N) is 1. The van der Waals surface area contributed by atoms with Crippen LogP contribution in [-0.4, -0.2) is 51.9 Å². The Morgan fingerprint density at radius 2 is 2.00 bits per heavy atom. The van der Waals surface area contributed by atoms with Crippen molar-refractivity contribution in [3.05, 3.63) is 71.1 Å². The Morgan fingerprint density at radius 3 is 2.83 bits per heavy atom. The molecule has 7 nitrogen and oxygen atoms in total. The highest BCUT2D eigenvalue weighted by Gasteiger charge is 2.10. The van der Waals surface area contributed by atoms with Crippen LogP contribution in [-0.2, 0) is 19.0 Å². The van der Waals surface area contributed by atoms with E-state index in [1.807, 2.05) is 6.08 Å². The first kappa shape index (κ1) is 22.3. The number of carbonyl (C=O) groups excluding carboxylic acids is 1. The maximum atomic E-state index is 13.8. The summed E-state index contributed by atoms with van der Waals surface area (Å²) in [5.41, 5.74) is 7.10. The summed E-state index contributed by atoms with van der Waals surface area (Å²) in [6.45, 7) is 1.26. The van der Waals surface area contributed by atoms with Gasteiger partial charge in [-0.15, -0.1) is 0 Å². The summed E-state index contributed by atoms with van der Waals surface area (Å²) >= 11 is 0. The number of allylic oxidation sites excluding steroid dienone is 4. The van der Waals surface area contributed by atoms with Crippen molar-refractivity contribution in [1.82, 2.24) is 0 Å². The van der Waals surface area contributed by atoms with Crippen LogP contribution in [0.4, 0.5) is 4.39 Å². The molecule has 2 rings (SSSR count). The number of nitrogens with zero attached hydrogens (tertiary/aromatic N) is 1. The van der Waals surface area contributed by atoms with Gasteiger partial charge in [0.25, 0.3) is 0 Å². The number of oxime groups is 1. The summed E-state index contributed by atoms with van der Waals surface area (Å²) in [7, 11) is 1.58. The van der Waals surface area contributed by atoms with E-state index in [-0.39, 0.29) is 31.5 Å². The van der Waals surface area contributed by atoms with Gasteiger partial charge in [-0.3, -0.25) is 0 Å².